The first-order valence-electron chi connectivity index (χ1n) is 7.99. The molecular formula is C19H22BrN3O2. The second-order valence-corrected chi connectivity index (χ2v) is 6.87. The van der Waals surface area contributed by atoms with Gasteiger partial charge in [0, 0.05) is 15.8 Å². The summed E-state index contributed by atoms with van der Waals surface area (Å²) in [7, 11) is 1.75. The van der Waals surface area contributed by atoms with Gasteiger partial charge in [0.05, 0.1) is 12.6 Å². The summed E-state index contributed by atoms with van der Waals surface area (Å²) in [5, 5.41) is 5.72. The van der Waals surface area contributed by atoms with E-state index in [1.54, 1.807) is 18.9 Å². The Morgan fingerprint density at radius 1 is 1.12 bits per heavy atom. The maximum atomic E-state index is 12.3. The number of para-hydroxylation sites is 1. The molecule has 0 fully saturated rings. The summed E-state index contributed by atoms with van der Waals surface area (Å²) < 4.78 is 0.964. The van der Waals surface area contributed by atoms with Crippen molar-refractivity contribution >= 4 is 39.1 Å². The molecule has 2 aromatic rings. The van der Waals surface area contributed by atoms with Crippen LogP contribution in [0.2, 0.25) is 0 Å². The lowest BCUT2D eigenvalue weighted by Crippen LogP contribution is -2.43. The number of benzene rings is 2. The van der Waals surface area contributed by atoms with Crippen LogP contribution in [-0.2, 0) is 9.59 Å². The minimum atomic E-state index is -0.433. The van der Waals surface area contributed by atoms with Crippen LogP contribution < -0.4 is 10.6 Å². The van der Waals surface area contributed by atoms with Gasteiger partial charge in [-0.1, -0.05) is 34.1 Å². The van der Waals surface area contributed by atoms with E-state index in [1.165, 1.54) is 0 Å². The first kappa shape index (κ1) is 19.1. The maximum absolute atomic E-state index is 12.3. The van der Waals surface area contributed by atoms with Crippen molar-refractivity contribution in [3.05, 3.63) is 58.6 Å². The molecule has 0 heterocycles. The van der Waals surface area contributed by atoms with Crippen LogP contribution in [0.25, 0.3) is 0 Å². The van der Waals surface area contributed by atoms with Crippen molar-refractivity contribution < 1.29 is 9.59 Å². The van der Waals surface area contributed by atoms with Crippen LogP contribution in [0.3, 0.4) is 0 Å². The van der Waals surface area contributed by atoms with Gasteiger partial charge in [0.1, 0.15) is 0 Å². The van der Waals surface area contributed by atoms with Crippen molar-refractivity contribution in [2.45, 2.75) is 19.9 Å². The zero-order chi connectivity index (χ0) is 18.4. The van der Waals surface area contributed by atoms with Gasteiger partial charge in [-0.15, -0.1) is 0 Å². The minimum absolute atomic E-state index is 0.124. The van der Waals surface area contributed by atoms with Crippen LogP contribution in [-0.4, -0.2) is 36.3 Å². The molecule has 0 saturated carbocycles. The molecule has 0 bridgehead atoms. The molecule has 6 heteroatoms. The molecule has 2 rings (SSSR count). The molecule has 0 aliphatic heterocycles. The van der Waals surface area contributed by atoms with Crippen molar-refractivity contribution in [2.24, 2.45) is 0 Å². The second-order valence-electron chi connectivity index (χ2n) is 5.95. The fourth-order valence-electron chi connectivity index (χ4n) is 2.29. The Morgan fingerprint density at radius 3 is 2.44 bits per heavy atom. The number of nitrogens with zero attached hydrogens (tertiary/aromatic N) is 1. The van der Waals surface area contributed by atoms with Crippen LogP contribution in [0.4, 0.5) is 11.4 Å². The maximum Gasteiger partial charge on any atom is 0.241 e. The SMILES string of the molecule is Cc1cc(Br)ccc1NC(=O)CN(C)C(C)C(=O)Nc1ccccc1. The topological polar surface area (TPSA) is 61.4 Å². The van der Waals surface area contributed by atoms with Gasteiger partial charge in [-0.25, -0.2) is 0 Å². The van der Waals surface area contributed by atoms with Crippen LogP contribution in [0.1, 0.15) is 12.5 Å². The smallest absolute Gasteiger partial charge is 0.241 e. The first-order valence-corrected chi connectivity index (χ1v) is 8.78. The number of rotatable bonds is 6. The third-order valence-electron chi connectivity index (χ3n) is 3.94. The summed E-state index contributed by atoms with van der Waals surface area (Å²) in [6.07, 6.45) is 0. The molecule has 0 spiro atoms. The lowest BCUT2D eigenvalue weighted by molar-refractivity contribution is -0.122. The summed E-state index contributed by atoms with van der Waals surface area (Å²) >= 11 is 3.40. The lowest BCUT2D eigenvalue weighted by atomic mass is 10.2. The van der Waals surface area contributed by atoms with Crippen LogP contribution >= 0.6 is 15.9 Å². The molecule has 0 radical (unpaired) electrons. The monoisotopic (exact) mass is 403 g/mol. The summed E-state index contributed by atoms with van der Waals surface area (Å²) in [6, 6.07) is 14.5. The fraction of sp³-hybridized carbons (Fsp3) is 0.263. The molecule has 132 valence electrons. The molecule has 0 aliphatic rings. The van der Waals surface area contributed by atoms with Gasteiger partial charge in [0.15, 0.2) is 0 Å². The summed E-state index contributed by atoms with van der Waals surface area (Å²) in [5.41, 5.74) is 2.48. The number of carbonyl (C=O) groups excluding carboxylic acids is 2. The van der Waals surface area contributed by atoms with E-state index in [0.717, 1.165) is 21.4 Å². The van der Waals surface area contributed by atoms with E-state index >= 15 is 0 Å². The zero-order valence-corrected chi connectivity index (χ0v) is 16.1. The molecule has 2 N–H and O–H groups in total. The van der Waals surface area contributed by atoms with E-state index in [0.29, 0.717) is 0 Å². The van der Waals surface area contributed by atoms with E-state index in [1.807, 2.05) is 55.5 Å². The van der Waals surface area contributed by atoms with Gasteiger partial charge in [0.2, 0.25) is 11.8 Å². The zero-order valence-electron chi connectivity index (χ0n) is 14.5. The molecule has 0 aromatic heterocycles. The average molecular weight is 404 g/mol. The van der Waals surface area contributed by atoms with Crippen LogP contribution in [0, 0.1) is 6.92 Å². The normalized spacial score (nSPS) is 11.9. The lowest BCUT2D eigenvalue weighted by Gasteiger charge is -2.23. The van der Waals surface area contributed by atoms with Gasteiger partial charge >= 0.3 is 0 Å². The second kappa shape index (κ2) is 8.78. The standard InChI is InChI=1S/C19H22BrN3O2/c1-13-11-15(20)9-10-17(13)22-18(24)12-23(3)14(2)19(25)21-16-7-5-4-6-8-16/h4-11,14H,12H2,1-3H3,(H,21,25)(H,22,24). The van der Waals surface area contributed by atoms with E-state index in [9.17, 15) is 9.59 Å². The Kier molecular flexibility index (Phi) is 6.73. The van der Waals surface area contributed by atoms with E-state index < -0.39 is 6.04 Å². The molecule has 1 unspecified atom stereocenters. The third-order valence-corrected chi connectivity index (χ3v) is 4.43. The Balaban J connectivity index is 1.90. The van der Waals surface area contributed by atoms with Gasteiger partial charge in [0.25, 0.3) is 0 Å². The largest absolute Gasteiger partial charge is 0.325 e. The van der Waals surface area contributed by atoms with Gasteiger partial charge in [-0.3, -0.25) is 14.5 Å². The number of hydrogen-bond acceptors (Lipinski definition) is 3. The Morgan fingerprint density at radius 2 is 1.80 bits per heavy atom. The van der Waals surface area contributed by atoms with E-state index in [4.69, 9.17) is 0 Å². The van der Waals surface area contributed by atoms with E-state index in [-0.39, 0.29) is 18.4 Å². The Labute approximate surface area is 156 Å². The molecule has 2 aromatic carbocycles. The molecule has 1 atom stereocenters. The number of carbonyl (C=O) groups is 2. The highest BCUT2D eigenvalue weighted by Crippen LogP contribution is 2.20. The number of halogens is 1. The molecule has 25 heavy (non-hydrogen) atoms. The number of nitrogens with one attached hydrogen (secondary N) is 2. The summed E-state index contributed by atoms with van der Waals surface area (Å²) in [5.74, 6) is -0.311. The highest BCUT2D eigenvalue weighted by atomic mass is 79.9. The van der Waals surface area contributed by atoms with Gasteiger partial charge in [-0.05, 0) is 56.8 Å². The van der Waals surface area contributed by atoms with Crippen molar-refractivity contribution in [3.63, 3.8) is 0 Å². The minimum Gasteiger partial charge on any atom is -0.325 e. The predicted octanol–water partition coefficient (Wildman–Crippen LogP) is 3.66. The van der Waals surface area contributed by atoms with Crippen molar-refractivity contribution in [1.82, 2.24) is 4.90 Å². The van der Waals surface area contributed by atoms with Gasteiger partial charge < -0.3 is 10.6 Å². The molecule has 0 aliphatic carbocycles. The number of anilines is 2. The van der Waals surface area contributed by atoms with E-state index in [2.05, 4.69) is 26.6 Å². The van der Waals surface area contributed by atoms with Crippen LogP contribution in [0.5, 0.6) is 0 Å². The number of amides is 2. The number of hydrogen-bond donors (Lipinski definition) is 2. The summed E-state index contributed by atoms with van der Waals surface area (Å²) in [6.45, 7) is 3.83. The molecular weight excluding hydrogens is 382 g/mol. The Hall–Kier alpha value is -2.18. The molecule has 0 saturated heterocycles. The van der Waals surface area contributed by atoms with Crippen molar-refractivity contribution in [2.75, 3.05) is 24.2 Å². The first-order chi connectivity index (χ1) is 11.9. The Bertz CT molecular complexity index is 750. The highest BCUT2D eigenvalue weighted by molar-refractivity contribution is 9.10. The van der Waals surface area contributed by atoms with Gasteiger partial charge in [-0.2, -0.15) is 0 Å². The summed E-state index contributed by atoms with van der Waals surface area (Å²) in [4.78, 5) is 26.3. The fourth-order valence-corrected chi connectivity index (χ4v) is 2.76. The number of likely N-dealkylation sites (N-methyl/N-ethyl adjacent to an activating group) is 1. The molecule has 2 amide bonds. The quantitative estimate of drug-likeness (QED) is 0.773. The molecule has 5 nitrogen and oxygen atoms in total. The average Bonchev–Trinajstić information content (AvgIpc) is 2.57. The third kappa shape index (κ3) is 5.69. The van der Waals surface area contributed by atoms with Crippen molar-refractivity contribution in [3.8, 4) is 0 Å². The van der Waals surface area contributed by atoms with Crippen LogP contribution in [0.15, 0.2) is 53.0 Å². The highest BCUT2D eigenvalue weighted by Gasteiger charge is 2.20. The number of aryl methyl sites for hydroxylation is 1. The predicted molar refractivity (Wildman–Crippen MR) is 105 cm³/mol. The van der Waals surface area contributed by atoms with Crippen molar-refractivity contribution in [1.29, 1.82) is 0 Å².